The van der Waals surface area contributed by atoms with Gasteiger partial charge in [0.15, 0.2) is 6.29 Å². The van der Waals surface area contributed by atoms with Gasteiger partial charge in [-0.05, 0) is 44.1 Å². The third-order valence-corrected chi connectivity index (χ3v) is 5.88. The van der Waals surface area contributed by atoms with Crippen LogP contribution < -0.4 is 0 Å². The number of aliphatic hydroxyl groups excluding tert-OH is 1. The highest BCUT2D eigenvalue weighted by atomic mass is 16.6. The van der Waals surface area contributed by atoms with E-state index in [0.29, 0.717) is 32.4 Å². The van der Waals surface area contributed by atoms with Gasteiger partial charge in [0, 0.05) is 30.7 Å². The number of non-ortho nitro benzene ring substituents is 1. The van der Waals surface area contributed by atoms with Gasteiger partial charge in [-0.25, -0.2) is 0 Å². The zero-order valence-corrected chi connectivity index (χ0v) is 18.0. The average molecular weight is 421 g/mol. The first-order valence-electron chi connectivity index (χ1n) is 10.6. The van der Waals surface area contributed by atoms with E-state index in [-0.39, 0.29) is 5.69 Å². The van der Waals surface area contributed by atoms with E-state index in [4.69, 9.17) is 4.74 Å². The minimum Gasteiger partial charge on any atom is -0.366 e. The van der Waals surface area contributed by atoms with Crippen LogP contribution in [0.1, 0.15) is 58.4 Å². The first-order chi connectivity index (χ1) is 14.2. The molecule has 166 valence electrons. The third-order valence-electron chi connectivity index (χ3n) is 5.88. The molecule has 1 saturated heterocycles. The molecule has 8 nitrogen and oxygen atoms in total. The maximum absolute atomic E-state index is 12.6. The summed E-state index contributed by atoms with van der Waals surface area (Å²) in [5.74, 6) is -0.961. The Labute approximate surface area is 177 Å². The molecule has 1 aromatic carbocycles. The molecule has 1 aliphatic rings. The number of benzene rings is 1. The first-order valence-corrected chi connectivity index (χ1v) is 10.6. The number of aliphatic hydroxyl groups is 1. The molecule has 1 aliphatic heterocycles. The number of rotatable bonds is 11. The summed E-state index contributed by atoms with van der Waals surface area (Å²) in [6.07, 6.45) is 3.06. The van der Waals surface area contributed by atoms with Crippen molar-refractivity contribution in [3.63, 3.8) is 0 Å². The molecule has 1 unspecified atom stereocenters. The molecule has 1 heterocycles. The number of nitro groups is 1. The molecule has 2 atom stereocenters. The number of unbranched alkanes of at least 4 members (excludes halogenated alkanes) is 1. The number of ether oxygens (including phenoxy) is 1. The number of carbonyl (C=O) groups is 2. The van der Waals surface area contributed by atoms with Gasteiger partial charge in [-0.1, -0.05) is 32.9 Å². The van der Waals surface area contributed by atoms with Crippen LogP contribution in [0.4, 0.5) is 5.69 Å². The monoisotopic (exact) mass is 420 g/mol. The van der Waals surface area contributed by atoms with Gasteiger partial charge in [0.05, 0.1) is 11.0 Å². The Morgan fingerprint density at radius 1 is 1.30 bits per heavy atom. The van der Waals surface area contributed by atoms with Crippen molar-refractivity contribution >= 4 is 17.4 Å². The van der Waals surface area contributed by atoms with Crippen LogP contribution in [0.25, 0.3) is 0 Å². The van der Waals surface area contributed by atoms with Crippen molar-refractivity contribution in [1.29, 1.82) is 0 Å². The second-order valence-corrected chi connectivity index (χ2v) is 8.42. The number of likely N-dealkylation sites (tertiary alicyclic amines) is 1. The lowest BCUT2D eigenvalue weighted by Crippen LogP contribution is -2.49. The van der Waals surface area contributed by atoms with E-state index < -0.39 is 34.4 Å². The van der Waals surface area contributed by atoms with Crippen LogP contribution in [0, 0.1) is 15.5 Å². The summed E-state index contributed by atoms with van der Waals surface area (Å²) in [5, 5.41) is 21.1. The highest BCUT2D eigenvalue weighted by molar-refractivity contribution is 6.38. The molecule has 0 aromatic heterocycles. The zero-order valence-electron chi connectivity index (χ0n) is 18.0. The predicted octanol–water partition coefficient (Wildman–Crippen LogP) is 3.25. The highest BCUT2D eigenvalue weighted by Crippen LogP contribution is 2.27. The van der Waals surface area contributed by atoms with Crippen LogP contribution in [0.5, 0.6) is 0 Å². The molecular formula is C22H32N2O6. The van der Waals surface area contributed by atoms with Gasteiger partial charge in [0.2, 0.25) is 5.78 Å². The molecule has 0 aliphatic carbocycles. The van der Waals surface area contributed by atoms with E-state index >= 15 is 0 Å². The van der Waals surface area contributed by atoms with Crippen molar-refractivity contribution in [2.45, 2.75) is 71.6 Å². The number of carbonyl (C=O) groups excluding carboxylic acids is 2. The summed E-state index contributed by atoms with van der Waals surface area (Å²) < 4.78 is 5.55. The fourth-order valence-electron chi connectivity index (χ4n) is 3.45. The number of nitro benzene ring substituents is 1. The SMILES string of the molecule is CCC(C)(C)C(=O)C(=O)N1CCC[C@H]1C(O)OCCCCc1ccc([N+](=O)[O-])cc1. The summed E-state index contributed by atoms with van der Waals surface area (Å²) in [4.78, 5) is 36.8. The van der Waals surface area contributed by atoms with Crippen LogP contribution in [-0.2, 0) is 20.7 Å². The number of amides is 1. The summed E-state index contributed by atoms with van der Waals surface area (Å²) in [6, 6.07) is 5.96. The number of Topliss-reactive ketones (excluding diaryl/α,β-unsaturated/α-hetero) is 1. The van der Waals surface area contributed by atoms with E-state index in [0.717, 1.165) is 24.8 Å². The van der Waals surface area contributed by atoms with Gasteiger partial charge in [-0.3, -0.25) is 19.7 Å². The second-order valence-electron chi connectivity index (χ2n) is 8.42. The molecule has 0 spiro atoms. The molecule has 30 heavy (non-hydrogen) atoms. The fourth-order valence-corrected chi connectivity index (χ4v) is 3.45. The van der Waals surface area contributed by atoms with E-state index in [1.165, 1.54) is 17.0 Å². The maximum atomic E-state index is 12.6. The summed E-state index contributed by atoms with van der Waals surface area (Å²) in [7, 11) is 0. The smallest absolute Gasteiger partial charge is 0.290 e. The number of aryl methyl sites for hydroxylation is 1. The lowest BCUT2D eigenvalue weighted by atomic mass is 9.84. The molecule has 0 radical (unpaired) electrons. The average Bonchev–Trinajstić information content (AvgIpc) is 3.22. The largest absolute Gasteiger partial charge is 0.366 e. The van der Waals surface area contributed by atoms with Crippen molar-refractivity contribution in [2.75, 3.05) is 13.2 Å². The molecule has 1 fully saturated rings. The number of hydrogen-bond donors (Lipinski definition) is 1. The summed E-state index contributed by atoms with van der Waals surface area (Å²) >= 11 is 0. The van der Waals surface area contributed by atoms with Crippen molar-refractivity contribution in [1.82, 2.24) is 4.90 Å². The second kappa shape index (κ2) is 10.6. The first kappa shape index (κ1) is 24.0. The zero-order chi connectivity index (χ0) is 22.3. The molecular weight excluding hydrogens is 388 g/mol. The highest BCUT2D eigenvalue weighted by Gasteiger charge is 2.41. The number of nitrogens with zero attached hydrogens (tertiary/aromatic N) is 2. The fraction of sp³-hybridized carbons (Fsp3) is 0.636. The van der Waals surface area contributed by atoms with Crippen molar-refractivity contribution < 1.29 is 24.4 Å². The Morgan fingerprint density at radius 3 is 2.57 bits per heavy atom. The topological polar surface area (TPSA) is 110 Å². The van der Waals surface area contributed by atoms with Gasteiger partial charge in [-0.2, -0.15) is 0 Å². The van der Waals surface area contributed by atoms with Gasteiger partial charge >= 0.3 is 0 Å². The standard InChI is InChI=1S/C22H32N2O6/c1-4-22(2,3)19(25)20(26)23-14-7-9-18(23)21(27)30-15-6-5-8-16-10-12-17(13-11-16)24(28)29/h10-13,18,21,27H,4-9,14-15H2,1-3H3/t18-,21?/m0/s1. The number of ketones is 1. The normalized spacial score (nSPS) is 17.7. The van der Waals surface area contributed by atoms with Crippen molar-refractivity contribution in [3.8, 4) is 0 Å². The summed E-state index contributed by atoms with van der Waals surface area (Å²) in [5.41, 5.74) is 0.362. The van der Waals surface area contributed by atoms with Crippen LogP contribution in [0.2, 0.25) is 0 Å². The Bertz CT molecular complexity index is 746. The molecule has 2 rings (SSSR count). The lowest BCUT2D eigenvalue weighted by Gasteiger charge is -2.30. The van der Waals surface area contributed by atoms with Gasteiger partial charge in [0.25, 0.3) is 11.6 Å². The minimum absolute atomic E-state index is 0.0710. The van der Waals surface area contributed by atoms with Crippen LogP contribution in [0.3, 0.4) is 0 Å². The molecule has 8 heteroatoms. The Hall–Kier alpha value is -2.32. The van der Waals surface area contributed by atoms with Crippen molar-refractivity contribution in [2.24, 2.45) is 5.41 Å². The molecule has 1 N–H and O–H groups in total. The quantitative estimate of drug-likeness (QED) is 0.193. The van der Waals surface area contributed by atoms with E-state index in [9.17, 15) is 24.8 Å². The van der Waals surface area contributed by atoms with Crippen molar-refractivity contribution in [3.05, 3.63) is 39.9 Å². The van der Waals surface area contributed by atoms with Crippen LogP contribution >= 0.6 is 0 Å². The summed E-state index contributed by atoms with van der Waals surface area (Å²) in [6.45, 7) is 6.18. The Kier molecular flexibility index (Phi) is 8.49. The van der Waals surface area contributed by atoms with Gasteiger partial charge in [0.1, 0.15) is 0 Å². The van der Waals surface area contributed by atoms with Gasteiger partial charge in [-0.15, -0.1) is 0 Å². The predicted molar refractivity (Wildman–Crippen MR) is 112 cm³/mol. The molecule has 0 saturated carbocycles. The maximum Gasteiger partial charge on any atom is 0.290 e. The Morgan fingerprint density at radius 2 is 1.97 bits per heavy atom. The minimum atomic E-state index is -1.12. The molecule has 0 bridgehead atoms. The van der Waals surface area contributed by atoms with E-state index in [1.807, 2.05) is 6.92 Å². The molecule has 1 aromatic rings. The lowest BCUT2D eigenvalue weighted by molar-refractivity contribution is -0.384. The third kappa shape index (κ3) is 6.09. The van der Waals surface area contributed by atoms with E-state index in [1.54, 1.807) is 26.0 Å². The van der Waals surface area contributed by atoms with Gasteiger partial charge < -0.3 is 14.7 Å². The van der Waals surface area contributed by atoms with Crippen LogP contribution in [-0.4, -0.2) is 52.1 Å². The van der Waals surface area contributed by atoms with E-state index in [2.05, 4.69) is 0 Å². The Balaban J connectivity index is 1.77. The van der Waals surface area contributed by atoms with Crippen LogP contribution in [0.15, 0.2) is 24.3 Å². The molecule has 1 amide bonds. The number of hydrogen-bond acceptors (Lipinski definition) is 6.